The molecule has 1 atom stereocenters. The lowest BCUT2D eigenvalue weighted by molar-refractivity contribution is 0.0262. The molecule has 0 aliphatic rings. The molecule has 1 heterocycles. The van der Waals surface area contributed by atoms with Crippen molar-refractivity contribution in [2.45, 2.75) is 19.1 Å². The summed E-state index contributed by atoms with van der Waals surface area (Å²) in [7, 11) is 0. The second kappa shape index (κ2) is 6.52. The number of rotatable bonds is 6. The van der Waals surface area contributed by atoms with Gasteiger partial charge in [-0.15, -0.1) is 0 Å². The summed E-state index contributed by atoms with van der Waals surface area (Å²) in [4.78, 5) is 4.34. The van der Waals surface area contributed by atoms with Gasteiger partial charge in [-0.25, -0.2) is 4.98 Å². The van der Waals surface area contributed by atoms with Crippen LogP contribution in [-0.4, -0.2) is 22.8 Å². The third kappa shape index (κ3) is 3.68. The number of aliphatic hydroxyl groups excluding tert-OH is 1. The molecule has 2 aromatic carbocycles. The molecule has 21 heavy (non-hydrogen) atoms. The molecule has 108 valence electrons. The first-order valence-corrected chi connectivity index (χ1v) is 6.95. The summed E-state index contributed by atoms with van der Waals surface area (Å²) in [6, 6.07) is 17.4. The predicted molar refractivity (Wildman–Crippen MR) is 79.8 cm³/mol. The van der Waals surface area contributed by atoms with Crippen LogP contribution in [0.5, 0.6) is 0 Å². The second-order valence-electron chi connectivity index (χ2n) is 4.93. The van der Waals surface area contributed by atoms with Crippen molar-refractivity contribution in [3.63, 3.8) is 0 Å². The van der Waals surface area contributed by atoms with Crippen molar-refractivity contribution in [1.82, 2.24) is 4.98 Å². The van der Waals surface area contributed by atoms with E-state index in [-0.39, 0.29) is 6.61 Å². The van der Waals surface area contributed by atoms with Crippen LogP contribution in [0, 0.1) is 0 Å². The summed E-state index contributed by atoms with van der Waals surface area (Å²) in [5.74, 6) is 0.534. The minimum Gasteiger partial charge on any atom is -0.441 e. The molecule has 0 saturated carbocycles. The number of fused-ring (bicyclic) bond motifs is 1. The number of nitrogens with zero attached hydrogens (tertiary/aromatic N) is 1. The van der Waals surface area contributed by atoms with Crippen LogP contribution in [0.3, 0.4) is 0 Å². The highest BCUT2D eigenvalue weighted by Crippen LogP contribution is 2.15. The SMILES string of the molecule is OC(COCc1ccccc1)Cc1nc2ccccc2o1. The summed E-state index contributed by atoms with van der Waals surface area (Å²) in [6.45, 7) is 0.749. The van der Waals surface area contributed by atoms with Crippen LogP contribution in [-0.2, 0) is 17.8 Å². The molecule has 1 N–H and O–H groups in total. The van der Waals surface area contributed by atoms with Gasteiger partial charge in [-0.1, -0.05) is 42.5 Å². The maximum absolute atomic E-state index is 9.98. The Kier molecular flexibility index (Phi) is 4.28. The van der Waals surface area contributed by atoms with Crippen molar-refractivity contribution in [2.24, 2.45) is 0 Å². The number of hydrogen-bond acceptors (Lipinski definition) is 4. The van der Waals surface area contributed by atoms with E-state index >= 15 is 0 Å². The van der Waals surface area contributed by atoms with Crippen LogP contribution < -0.4 is 0 Å². The number of benzene rings is 2. The summed E-state index contributed by atoms with van der Waals surface area (Å²) < 4.78 is 11.1. The van der Waals surface area contributed by atoms with E-state index in [1.807, 2.05) is 54.6 Å². The van der Waals surface area contributed by atoms with Crippen molar-refractivity contribution in [1.29, 1.82) is 0 Å². The lowest BCUT2D eigenvalue weighted by Gasteiger charge is -2.09. The third-order valence-corrected chi connectivity index (χ3v) is 3.17. The Balaban J connectivity index is 1.50. The monoisotopic (exact) mass is 283 g/mol. The topological polar surface area (TPSA) is 55.5 Å². The van der Waals surface area contributed by atoms with Gasteiger partial charge in [0.2, 0.25) is 0 Å². The zero-order valence-corrected chi connectivity index (χ0v) is 11.6. The average molecular weight is 283 g/mol. The maximum Gasteiger partial charge on any atom is 0.198 e. The van der Waals surface area contributed by atoms with Gasteiger partial charge in [0.1, 0.15) is 5.52 Å². The minimum atomic E-state index is -0.623. The van der Waals surface area contributed by atoms with Crippen LogP contribution >= 0.6 is 0 Å². The van der Waals surface area contributed by atoms with Gasteiger partial charge >= 0.3 is 0 Å². The normalized spacial score (nSPS) is 12.6. The van der Waals surface area contributed by atoms with Gasteiger partial charge in [0.15, 0.2) is 11.5 Å². The summed E-state index contributed by atoms with van der Waals surface area (Å²) in [6.07, 6.45) is -0.273. The third-order valence-electron chi connectivity index (χ3n) is 3.17. The van der Waals surface area contributed by atoms with E-state index in [0.29, 0.717) is 18.9 Å². The molecule has 0 radical (unpaired) electrons. The summed E-state index contributed by atoms with van der Waals surface area (Å²) >= 11 is 0. The van der Waals surface area contributed by atoms with E-state index in [2.05, 4.69) is 4.98 Å². The van der Waals surface area contributed by atoms with Crippen molar-refractivity contribution in [3.8, 4) is 0 Å². The molecule has 1 unspecified atom stereocenters. The number of aromatic nitrogens is 1. The molecule has 0 amide bonds. The van der Waals surface area contributed by atoms with Gasteiger partial charge < -0.3 is 14.3 Å². The van der Waals surface area contributed by atoms with E-state index in [1.54, 1.807) is 0 Å². The highest BCUT2D eigenvalue weighted by Gasteiger charge is 2.11. The minimum absolute atomic E-state index is 0.258. The van der Waals surface area contributed by atoms with Crippen molar-refractivity contribution < 1.29 is 14.3 Å². The maximum atomic E-state index is 9.98. The number of aliphatic hydroxyl groups is 1. The summed E-state index contributed by atoms with van der Waals surface area (Å²) in [5, 5.41) is 9.98. The van der Waals surface area contributed by atoms with Crippen LogP contribution in [0.25, 0.3) is 11.1 Å². The molecule has 3 aromatic rings. The number of ether oxygens (including phenoxy) is 1. The van der Waals surface area contributed by atoms with Gasteiger partial charge in [-0.2, -0.15) is 0 Å². The first-order valence-electron chi connectivity index (χ1n) is 6.95. The average Bonchev–Trinajstić information content (AvgIpc) is 2.90. The van der Waals surface area contributed by atoms with E-state index in [0.717, 1.165) is 16.7 Å². The zero-order chi connectivity index (χ0) is 14.5. The number of hydrogen-bond donors (Lipinski definition) is 1. The number of oxazole rings is 1. The smallest absolute Gasteiger partial charge is 0.198 e. The van der Waals surface area contributed by atoms with Crippen molar-refractivity contribution >= 4 is 11.1 Å². The van der Waals surface area contributed by atoms with E-state index in [9.17, 15) is 5.11 Å². The molecule has 3 rings (SSSR count). The van der Waals surface area contributed by atoms with Crippen LogP contribution in [0.15, 0.2) is 59.0 Å². The van der Waals surface area contributed by atoms with Crippen LogP contribution in [0.1, 0.15) is 11.5 Å². The molecule has 4 heteroatoms. The lowest BCUT2D eigenvalue weighted by Crippen LogP contribution is -2.18. The molecular weight excluding hydrogens is 266 g/mol. The Hall–Kier alpha value is -2.17. The molecule has 0 aliphatic heterocycles. The van der Waals surface area contributed by atoms with E-state index < -0.39 is 6.10 Å². The van der Waals surface area contributed by atoms with Gasteiger partial charge in [0, 0.05) is 0 Å². The molecule has 1 aromatic heterocycles. The lowest BCUT2D eigenvalue weighted by atomic mass is 10.2. The molecule has 0 spiro atoms. The molecule has 4 nitrogen and oxygen atoms in total. The Bertz CT molecular complexity index is 660. The molecule has 0 fully saturated rings. The Morgan fingerprint density at radius 2 is 1.81 bits per heavy atom. The first-order chi connectivity index (χ1) is 10.3. The molecular formula is C17H17NO3. The van der Waals surface area contributed by atoms with E-state index in [4.69, 9.17) is 9.15 Å². The second-order valence-corrected chi connectivity index (χ2v) is 4.93. The van der Waals surface area contributed by atoms with Gasteiger partial charge in [-0.05, 0) is 17.7 Å². The highest BCUT2D eigenvalue weighted by molar-refractivity contribution is 5.72. The van der Waals surface area contributed by atoms with Crippen molar-refractivity contribution in [3.05, 3.63) is 66.1 Å². The van der Waals surface area contributed by atoms with Crippen molar-refractivity contribution in [2.75, 3.05) is 6.61 Å². The molecule has 0 aliphatic carbocycles. The number of para-hydroxylation sites is 2. The zero-order valence-electron chi connectivity index (χ0n) is 11.6. The van der Waals surface area contributed by atoms with E-state index in [1.165, 1.54) is 0 Å². The Morgan fingerprint density at radius 3 is 2.62 bits per heavy atom. The van der Waals surface area contributed by atoms with Gasteiger partial charge in [0.25, 0.3) is 0 Å². The standard InChI is InChI=1S/C17H17NO3/c19-14(12-20-11-13-6-2-1-3-7-13)10-17-18-15-8-4-5-9-16(15)21-17/h1-9,14,19H,10-12H2. The molecule has 0 bridgehead atoms. The predicted octanol–water partition coefficient (Wildman–Crippen LogP) is 2.95. The first kappa shape index (κ1) is 13.8. The fourth-order valence-corrected chi connectivity index (χ4v) is 2.15. The largest absolute Gasteiger partial charge is 0.441 e. The Labute approximate surface area is 123 Å². The van der Waals surface area contributed by atoms with Gasteiger partial charge in [0.05, 0.1) is 25.7 Å². The fraction of sp³-hybridized carbons (Fsp3) is 0.235. The highest BCUT2D eigenvalue weighted by atomic mass is 16.5. The van der Waals surface area contributed by atoms with Gasteiger partial charge in [-0.3, -0.25) is 0 Å². The Morgan fingerprint density at radius 1 is 1.05 bits per heavy atom. The summed E-state index contributed by atoms with van der Waals surface area (Å²) in [5.41, 5.74) is 2.64. The molecule has 0 saturated heterocycles. The quantitative estimate of drug-likeness (QED) is 0.755. The fourth-order valence-electron chi connectivity index (χ4n) is 2.15. The van der Waals surface area contributed by atoms with Crippen LogP contribution in [0.2, 0.25) is 0 Å². The van der Waals surface area contributed by atoms with Crippen LogP contribution in [0.4, 0.5) is 0 Å².